The largest absolute Gasteiger partial charge is 0.454 e. The molecule has 3 aromatic carbocycles. The molecule has 4 aromatic rings. The summed E-state index contributed by atoms with van der Waals surface area (Å²) in [6, 6.07) is 15.4. The van der Waals surface area contributed by atoms with Gasteiger partial charge in [-0.1, -0.05) is 24.3 Å². The highest BCUT2D eigenvalue weighted by atomic mass is 19.2. The van der Waals surface area contributed by atoms with Gasteiger partial charge in [-0.05, 0) is 42.0 Å². The predicted octanol–water partition coefficient (Wildman–Crippen LogP) is 3.39. The summed E-state index contributed by atoms with van der Waals surface area (Å²) in [6.07, 6.45) is 0. The highest BCUT2D eigenvalue weighted by Crippen LogP contribution is 2.32. The minimum atomic E-state index is -1.03. The summed E-state index contributed by atoms with van der Waals surface area (Å²) < 4.78 is 38.9. The molecule has 1 aliphatic rings. The molecule has 0 spiro atoms. The Morgan fingerprint density at radius 1 is 0.970 bits per heavy atom. The normalized spacial score (nSPS) is 12.2. The highest BCUT2D eigenvalue weighted by Gasteiger charge is 2.16. The van der Waals surface area contributed by atoms with Gasteiger partial charge in [0.2, 0.25) is 12.7 Å². The number of hydrogen-bond donors (Lipinski definition) is 1. The summed E-state index contributed by atoms with van der Waals surface area (Å²) in [6.45, 7) is 0.0285. The van der Waals surface area contributed by atoms with E-state index in [1.807, 2.05) is 0 Å². The fraction of sp³-hybridized carbons (Fsp3) is 0.125. The van der Waals surface area contributed by atoms with Crippen molar-refractivity contribution in [1.29, 1.82) is 0 Å². The van der Waals surface area contributed by atoms with Crippen molar-refractivity contribution in [3.63, 3.8) is 0 Å². The molecular weight excluding hydrogens is 432 g/mol. The van der Waals surface area contributed by atoms with Crippen molar-refractivity contribution in [1.82, 2.24) is 15.1 Å². The second-order valence-electron chi connectivity index (χ2n) is 7.45. The van der Waals surface area contributed by atoms with Gasteiger partial charge in [-0.25, -0.2) is 13.5 Å². The molecule has 5 rings (SSSR count). The minimum Gasteiger partial charge on any atom is -0.454 e. The summed E-state index contributed by atoms with van der Waals surface area (Å²) >= 11 is 0. The monoisotopic (exact) mass is 449 g/mol. The Labute approximate surface area is 186 Å². The molecule has 0 saturated carbocycles. The first kappa shape index (κ1) is 20.6. The number of ether oxygens (including phenoxy) is 2. The van der Waals surface area contributed by atoms with E-state index in [2.05, 4.69) is 10.4 Å². The van der Waals surface area contributed by atoms with Crippen LogP contribution in [0.5, 0.6) is 11.5 Å². The number of carbonyl (C=O) groups is 1. The summed E-state index contributed by atoms with van der Waals surface area (Å²) in [5, 5.41) is 7.84. The molecule has 0 aliphatic carbocycles. The predicted molar refractivity (Wildman–Crippen MR) is 116 cm³/mol. The number of halogens is 2. The van der Waals surface area contributed by atoms with Gasteiger partial charge in [0.05, 0.1) is 11.1 Å². The molecule has 0 fully saturated rings. The average Bonchev–Trinajstić information content (AvgIpc) is 3.29. The second kappa shape index (κ2) is 8.34. The van der Waals surface area contributed by atoms with Crippen molar-refractivity contribution in [2.24, 2.45) is 0 Å². The second-order valence-corrected chi connectivity index (χ2v) is 7.45. The van der Waals surface area contributed by atoms with Crippen LogP contribution in [0.25, 0.3) is 22.0 Å². The Hall–Kier alpha value is -4.27. The zero-order chi connectivity index (χ0) is 22.9. The SMILES string of the molecule is O=C(Cn1nc(-c2ccc(F)c(F)c2)c2ccccc2c1=O)NCc1ccc2c(c1)OCO2. The van der Waals surface area contributed by atoms with Crippen LogP contribution in [0.4, 0.5) is 8.78 Å². The van der Waals surface area contributed by atoms with E-state index >= 15 is 0 Å². The van der Waals surface area contributed by atoms with Gasteiger partial charge in [0.25, 0.3) is 5.56 Å². The third kappa shape index (κ3) is 4.00. The number of rotatable bonds is 5. The average molecular weight is 449 g/mol. The molecule has 1 amide bonds. The highest BCUT2D eigenvalue weighted by molar-refractivity contribution is 5.93. The smallest absolute Gasteiger partial charge is 0.275 e. The van der Waals surface area contributed by atoms with Crippen molar-refractivity contribution in [2.45, 2.75) is 13.1 Å². The Morgan fingerprint density at radius 3 is 2.58 bits per heavy atom. The Morgan fingerprint density at radius 2 is 1.76 bits per heavy atom. The quantitative estimate of drug-likeness (QED) is 0.505. The maximum Gasteiger partial charge on any atom is 0.275 e. The van der Waals surface area contributed by atoms with E-state index in [0.29, 0.717) is 27.8 Å². The van der Waals surface area contributed by atoms with Crippen molar-refractivity contribution >= 4 is 16.7 Å². The lowest BCUT2D eigenvalue weighted by molar-refractivity contribution is -0.122. The molecule has 0 unspecified atom stereocenters. The molecule has 166 valence electrons. The van der Waals surface area contributed by atoms with Gasteiger partial charge in [-0.15, -0.1) is 0 Å². The Kier molecular flexibility index (Phi) is 5.21. The number of hydrogen-bond acceptors (Lipinski definition) is 5. The topological polar surface area (TPSA) is 82.5 Å². The Balaban J connectivity index is 1.43. The molecule has 1 aliphatic heterocycles. The van der Waals surface area contributed by atoms with Crippen LogP contribution in [-0.4, -0.2) is 22.5 Å². The van der Waals surface area contributed by atoms with Crippen molar-refractivity contribution in [3.05, 3.63) is 88.2 Å². The molecule has 0 saturated heterocycles. The van der Waals surface area contributed by atoms with Crippen molar-refractivity contribution in [2.75, 3.05) is 6.79 Å². The van der Waals surface area contributed by atoms with Crippen molar-refractivity contribution in [3.8, 4) is 22.8 Å². The zero-order valence-corrected chi connectivity index (χ0v) is 17.2. The number of carbonyl (C=O) groups excluding carboxylic acids is 1. The molecule has 33 heavy (non-hydrogen) atoms. The van der Waals surface area contributed by atoms with Crippen LogP contribution in [-0.2, 0) is 17.9 Å². The maximum atomic E-state index is 13.8. The van der Waals surface area contributed by atoms with E-state index < -0.39 is 23.1 Å². The van der Waals surface area contributed by atoms with Gasteiger partial charge in [0.15, 0.2) is 23.1 Å². The first-order valence-electron chi connectivity index (χ1n) is 10.1. The summed E-state index contributed by atoms with van der Waals surface area (Å²) in [5.41, 5.74) is 0.899. The molecule has 9 heteroatoms. The van der Waals surface area contributed by atoms with E-state index in [4.69, 9.17) is 9.47 Å². The van der Waals surface area contributed by atoms with Crippen LogP contribution in [0.3, 0.4) is 0 Å². The molecule has 0 bridgehead atoms. The van der Waals surface area contributed by atoms with Gasteiger partial charge in [0.1, 0.15) is 6.54 Å². The van der Waals surface area contributed by atoms with E-state index in [1.165, 1.54) is 6.07 Å². The van der Waals surface area contributed by atoms with E-state index in [1.54, 1.807) is 42.5 Å². The minimum absolute atomic E-state index is 0.155. The number of benzene rings is 3. The summed E-state index contributed by atoms with van der Waals surface area (Å²) in [5.74, 6) is -1.21. The lowest BCUT2D eigenvalue weighted by Gasteiger charge is -2.12. The van der Waals surface area contributed by atoms with E-state index in [9.17, 15) is 18.4 Å². The lowest BCUT2D eigenvalue weighted by Crippen LogP contribution is -2.33. The van der Waals surface area contributed by atoms with Crippen LogP contribution in [0, 0.1) is 11.6 Å². The van der Waals surface area contributed by atoms with Crippen LogP contribution in [0.2, 0.25) is 0 Å². The van der Waals surface area contributed by atoms with Gasteiger partial charge >= 0.3 is 0 Å². The molecular formula is C24H17F2N3O4. The number of fused-ring (bicyclic) bond motifs is 2. The van der Waals surface area contributed by atoms with Crippen LogP contribution < -0.4 is 20.3 Å². The van der Waals surface area contributed by atoms with E-state index in [-0.39, 0.29) is 25.6 Å². The number of nitrogens with one attached hydrogen (secondary N) is 1. The number of amides is 1. The third-order valence-corrected chi connectivity index (χ3v) is 5.28. The van der Waals surface area contributed by atoms with Crippen LogP contribution in [0.15, 0.2) is 65.5 Å². The fourth-order valence-electron chi connectivity index (χ4n) is 3.64. The molecule has 0 atom stereocenters. The number of aromatic nitrogens is 2. The summed E-state index contributed by atoms with van der Waals surface area (Å²) in [7, 11) is 0. The van der Waals surface area contributed by atoms with Crippen LogP contribution >= 0.6 is 0 Å². The fourth-order valence-corrected chi connectivity index (χ4v) is 3.64. The molecule has 2 heterocycles. The van der Waals surface area contributed by atoms with Gasteiger partial charge in [-0.2, -0.15) is 5.10 Å². The lowest BCUT2D eigenvalue weighted by atomic mass is 10.0. The maximum absolute atomic E-state index is 13.8. The van der Waals surface area contributed by atoms with Gasteiger partial charge < -0.3 is 14.8 Å². The first-order chi connectivity index (χ1) is 16.0. The summed E-state index contributed by atoms with van der Waals surface area (Å²) in [4.78, 5) is 25.5. The van der Waals surface area contributed by atoms with Gasteiger partial charge in [-0.3, -0.25) is 9.59 Å². The molecule has 0 radical (unpaired) electrons. The third-order valence-electron chi connectivity index (χ3n) is 5.28. The van der Waals surface area contributed by atoms with Gasteiger partial charge in [0, 0.05) is 17.5 Å². The van der Waals surface area contributed by atoms with E-state index in [0.717, 1.165) is 22.4 Å². The Bertz CT molecular complexity index is 1450. The van der Waals surface area contributed by atoms with Crippen molar-refractivity contribution < 1.29 is 23.0 Å². The molecule has 1 aromatic heterocycles. The van der Waals surface area contributed by atoms with Crippen LogP contribution in [0.1, 0.15) is 5.56 Å². The first-order valence-corrected chi connectivity index (χ1v) is 10.1. The zero-order valence-electron chi connectivity index (χ0n) is 17.2. The molecule has 1 N–H and O–H groups in total. The number of nitrogens with zero attached hydrogens (tertiary/aromatic N) is 2. The standard InChI is InChI=1S/C24H17F2N3O4/c25-18-7-6-15(10-19(18)26)23-16-3-1-2-4-17(16)24(31)29(28-23)12-22(30)27-11-14-5-8-20-21(9-14)33-13-32-20/h1-10H,11-13H2,(H,27,30). The molecule has 7 nitrogen and oxygen atoms in total.